The zero-order valence-corrected chi connectivity index (χ0v) is 5.86. The van der Waals surface area contributed by atoms with Gasteiger partial charge in [0.2, 0.25) is 0 Å². The maximum absolute atomic E-state index is 9.14. The maximum Gasteiger partial charge on any atom is 0.108 e. The fourth-order valence-corrected chi connectivity index (χ4v) is 1.07. The molecule has 0 aromatic heterocycles. The Kier molecular flexibility index (Phi) is 2.25. The van der Waals surface area contributed by atoms with Crippen LogP contribution < -0.4 is 5.32 Å². The molecule has 0 saturated carbocycles. The minimum Gasteiger partial charge on any atom is -0.389 e. The van der Waals surface area contributed by atoms with E-state index < -0.39 is 18.3 Å². The predicted molar refractivity (Wildman–Crippen MR) is 35.5 cm³/mol. The Labute approximate surface area is 59.5 Å². The van der Waals surface area contributed by atoms with E-state index in [9.17, 15) is 0 Å². The van der Waals surface area contributed by atoms with Crippen LogP contribution in [0.4, 0.5) is 0 Å². The molecule has 4 nitrogen and oxygen atoms in total. The van der Waals surface area contributed by atoms with Crippen LogP contribution in [0.25, 0.3) is 0 Å². The molecule has 1 saturated heterocycles. The van der Waals surface area contributed by atoms with E-state index in [-0.39, 0.29) is 6.04 Å². The van der Waals surface area contributed by atoms with Gasteiger partial charge in [-0.2, -0.15) is 0 Å². The average molecular weight is 147 g/mol. The molecule has 0 aliphatic carbocycles. The van der Waals surface area contributed by atoms with Crippen LogP contribution >= 0.6 is 0 Å². The molecule has 1 aliphatic heterocycles. The molecule has 4 heteroatoms. The number of β-amino-alcohol motifs (C(OH)–C–C–N with tert-alkyl or cyclic N) is 1. The lowest BCUT2D eigenvalue weighted by Crippen LogP contribution is -2.58. The van der Waals surface area contributed by atoms with Gasteiger partial charge in [-0.15, -0.1) is 0 Å². The first-order valence-electron chi connectivity index (χ1n) is 3.40. The van der Waals surface area contributed by atoms with E-state index in [4.69, 9.17) is 15.3 Å². The minimum absolute atomic E-state index is 0.140. The molecule has 0 radical (unpaired) electrons. The van der Waals surface area contributed by atoms with Crippen LogP contribution in [0.1, 0.15) is 6.92 Å². The highest BCUT2D eigenvalue weighted by molar-refractivity contribution is 4.89. The highest BCUT2D eigenvalue weighted by Gasteiger charge is 2.33. The number of nitrogens with one attached hydrogen (secondary N) is 1. The van der Waals surface area contributed by atoms with Crippen LogP contribution in [0.5, 0.6) is 0 Å². The van der Waals surface area contributed by atoms with Gasteiger partial charge in [0.05, 0.1) is 12.2 Å². The highest BCUT2D eigenvalue weighted by atomic mass is 16.4. The highest BCUT2D eigenvalue weighted by Crippen LogP contribution is 2.09. The van der Waals surface area contributed by atoms with Crippen molar-refractivity contribution >= 4 is 0 Å². The SMILES string of the molecule is C[C@H]1NCC(O)[C@@H](O)C1O. The average Bonchev–Trinajstić information content (AvgIpc) is 1.93. The second-order valence-corrected chi connectivity index (χ2v) is 2.75. The molecule has 2 unspecified atom stereocenters. The molecule has 60 valence electrons. The normalized spacial score (nSPS) is 49.2. The van der Waals surface area contributed by atoms with Crippen molar-refractivity contribution < 1.29 is 15.3 Å². The summed E-state index contributed by atoms with van der Waals surface area (Å²) < 4.78 is 0. The van der Waals surface area contributed by atoms with E-state index in [1.165, 1.54) is 0 Å². The van der Waals surface area contributed by atoms with E-state index in [2.05, 4.69) is 5.32 Å². The van der Waals surface area contributed by atoms with Crippen LogP contribution in [0.15, 0.2) is 0 Å². The number of aliphatic hydroxyl groups excluding tert-OH is 3. The Balaban J connectivity index is 2.52. The molecule has 0 amide bonds. The maximum atomic E-state index is 9.14. The topological polar surface area (TPSA) is 72.7 Å². The Bertz CT molecular complexity index is 106. The van der Waals surface area contributed by atoms with Gasteiger partial charge in [-0.3, -0.25) is 0 Å². The van der Waals surface area contributed by atoms with Gasteiger partial charge in [0.25, 0.3) is 0 Å². The molecule has 0 aromatic carbocycles. The van der Waals surface area contributed by atoms with Crippen molar-refractivity contribution in [3.05, 3.63) is 0 Å². The molecule has 1 heterocycles. The summed E-state index contributed by atoms with van der Waals surface area (Å²) in [5.41, 5.74) is 0. The van der Waals surface area contributed by atoms with E-state index in [0.29, 0.717) is 6.54 Å². The Morgan fingerprint density at radius 2 is 1.80 bits per heavy atom. The van der Waals surface area contributed by atoms with Crippen molar-refractivity contribution in [1.82, 2.24) is 5.32 Å². The standard InChI is InChI=1S/C6H13NO3/c1-3-5(9)6(10)4(8)2-7-3/h3-10H,2H2,1H3/t3-,4?,5?,6-/m1/s1. The first-order chi connectivity index (χ1) is 4.63. The lowest BCUT2D eigenvalue weighted by atomic mass is 9.98. The van der Waals surface area contributed by atoms with Crippen molar-refractivity contribution in [3.8, 4) is 0 Å². The summed E-state index contributed by atoms with van der Waals surface area (Å²) in [7, 11) is 0. The first kappa shape index (κ1) is 7.94. The van der Waals surface area contributed by atoms with Gasteiger partial charge in [0.15, 0.2) is 0 Å². The number of piperidine rings is 1. The minimum atomic E-state index is -1.00. The smallest absolute Gasteiger partial charge is 0.108 e. The molecule has 4 atom stereocenters. The molecule has 10 heavy (non-hydrogen) atoms. The van der Waals surface area contributed by atoms with E-state index >= 15 is 0 Å². The van der Waals surface area contributed by atoms with Gasteiger partial charge >= 0.3 is 0 Å². The number of hydrogen-bond acceptors (Lipinski definition) is 4. The van der Waals surface area contributed by atoms with Crippen molar-refractivity contribution in [2.75, 3.05) is 6.54 Å². The number of rotatable bonds is 0. The number of hydrogen-bond donors (Lipinski definition) is 4. The quantitative estimate of drug-likeness (QED) is 0.322. The Morgan fingerprint density at radius 3 is 2.30 bits per heavy atom. The fourth-order valence-electron chi connectivity index (χ4n) is 1.07. The van der Waals surface area contributed by atoms with Crippen LogP contribution in [-0.4, -0.2) is 46.2 Å². The van der Waals surface area contributed by atoms with Crippen LogP contribution in [0, 0.1) is 0 Å². The molecular weight excluding hydrogens is 134 g/mol. The molecule has 1 aliphatic rings. The molecule has 0 bridgehead atoms. The van der Waals surface area contributed by atoms with Gasteiger partial charge in [-0.05, 0) is 6.92 Å². The Morgan fingerprint density at radius 1 is 1.20 bits per heavy atom. The van der Waals surface area contributed by atoms with Crippen LogP contribution in [0.3, 0.4) is 0 Å². The predicted octanol–water partition coefficient (Wildman–Crippen LogP) is -1.94. The van der Waals surface area contributed by atoms with Crippen molar-refractivity contribution in [2.45, 2.75) is 31.3 Å². The summed E-state index contributed by atoms with van der Waals surface area (Å²) in [6, 6.07) is -0.140. The molecule has 0 aromatic rings. The van der Waals surface area contributed by atoms with Crippen molar-refractivity contribution in [3.63, 3.8) is 0 Å². The van der Waals surface area contributed by atoms with Gasteiger partial charge in [0, 0.05) is 12.6 Å². The second kappa shape index (κ2) is 2.84. The summed E-state index contributed by atoms with van der Waals surface area (Å²) in [4.78, 5) is 0. The third-order valence-corrected chi connectivity index (χ3v) is 1.91. The van der Waals surface area contributed by atoms with Gasteiger partial charge in [-0.1, -0.05) is 0 Å². The summed E-state index contributed by atoms with van der Waals surface area (Å²) in [5, 5.41) is 30.1. The molecule has 0 spiro atoms. The van der Waals surface area contributed by atoms with Crippen molar-refractivity contribution in [2.24, 2.45) is 0 Å². The van der Waals surface area contributed by atoms with Gasteiger partial charge < -0.3 is 20.6 Å². The van der Waals surface area contributed by atoms with E-state index in [1.54, 1.807) is 6.92 Å². The van der Waals surface area contributed by atoms with E-state index in [0.717, 1.165) is 0 Å². The lowest BCUT2D eigenvalue weighted by Gasteiger charge is -2.33. The summed E-state index contributed by atoms with van der Waals surface area (Å²) in [6.45, 7) is 2.11. The largest absolute Gasteiger partial charge is 0.389 e. The lowest BCUT2D eigenvalue weighted by molar-refractivity contribution is -0.0910. The fraction of sp³-hybridized carbons (Fsp3) is 1.00. The first-order valence-corrected chi connectivity index (χ1v) is 3.40. The third kappa shape index (κ3) is 1.29. The second-order valence-electron chi connectivity index (χ2n) is 2.75. The molecule has 1 rings (SSSR count). The summed E-state index contributed by atoms with van der Waals surface area (Å²) in [5.74, 6) is 0. The third-order valence-electron chi connectivity index (χ3n) is 1.91. The van der Waals surface area contributed by atoms with Crippen LogP contribution in [0.2, 0.25) is 0 Å². The van der Waals surface area contributed by atoms with Crippen LogP contribution in [-0.2, 0) is 0 Å². The zero-order valence-electron chi connectivity index (χ0n) is 5.86. The molecular formula is C6H13NO3. The molecule has 1 fully saturated rings. The summed E-state index contributed by atoms with van der Waals surface area (Å²) in [6.07, 6.45) is -2.70. The van der Waals surface area contributed by atoms with Gasteiger partial charge in [0.1, 0.15) is 6.10 Å². The monoisotopic (exact) mass is 147 g/mol. The Hall–Kier alpha value is -0.160. The van der Waals surface area contributed by atoms with Crippen molar-refractivity contribution in [1.29, 1.82) is 0 Å². The van der Waals surface area contributed by atoms with Gasteiger partial charge in [-0.25, -0.2) is 0 Å². The number of aliphatic hydroxyl groups is 3. The zero-order chi connectivity index (χ0) is 7.72. The molecule has 4 N–H and O–H groups in total. The van der Waals surface area contributed by atoms with E-state index in [1.807, 2.05) is 0 Å². The summed E-state index contributed by atoms with van der Waals surface area (Å²) >= 11 is 0.